The van der Waals surface area contributed by atoms with Crippen molar-refractivity contribution in [3.63, 3.8) is 0 Å². The lowest BCUT2D eigenvalue weighted by atomic mass is 10.1. The van der Waals surface area contributed by atoms with Crippen LogP contribution in [0.2, 0.25) is 0 Å². The molecule has 0 bridgehead atoms. The van der Waals surface area contributed by atoms with Gasteiger partial charge in [-0.3, -0.25) is 9.59 Å². The maximum Gasteiger partial charge on any atom is 0.306 e. The van der Waals surface area contributed by atoms with Crippen LogP contribution in [0.4, 0.5) is 0 Å². The second-order valence-corrected chi connectivity index (χ2v) is 16.0. The number of esters is 2. The van der Waals surface area contributed by atoms with Gasteiger partial charge in [0, 0.05) is 12.8 Å². The first-order chi connectivity index (χ1) is 28.1. The minimum atomic E-state index is -1.64. The van der Waals surface area contributed by atoms with E-state index in [0.717, 1.165) is 77.0 Å². The summed E-state index contributed by atoms with van der Waals surface area (Å²) in [5.41, 5.74) is 0. The highest BCUT2D eigenvalue weighted by Crippen LogP contribution is 2.12. The van der Waals surface area contributed by atoms with E-state index in [1.165, 1.54) is 51.4 Å². The first-order valence-electron chi connectivity index (χ1n) is 22.6. The number of carboxylic acid groups (broad SMARTS) is 1. The van der Waals surface area contributed by atoms with Crippen LogP contribution < -0.4 is 5.11 Å². The van der Waals surface area contributed by atoms with Gasteiger partial charge in [-0.25, -0.2) is 0 Å². The lowest BCUT2D eigenvalue weighted by Crippen LogP contribution is -2.44. The van der Waals surface area contributed by atoms with Gasteiger partial charge in [-0.1, -0.05) is 138 Å². The molecule has 332 valence electrons. The van der Waals surface area contributed by atoms with Crippen LogP contribution in [0.25, 0.3) is 0 Å². The van der Waals surface area contributed by atoms with E-state index in [9.17, 15) is 19.5 Å². The average Bonchev–Trinajstić information content (AvgIpc) is 3.18. The van der Waals surface area contributed by atoms with Crippen LogP contribution in [0.5, 0.6) is 0 Å². The molecule has 0 aliphatic rings. The van der Waals surface area contributed by atoms with Crippen molar-refractivity contribution >= 4 is 17.9 Å². The quantitative estimate of drug-likeness (QED) is 0.0198. The van der Waals surface area contributed by atoms with E-state index in [-0.39, 0.29) is 38.6 Å². The van der Waals surface area contributed by atoms with Gasteiger partial charge in [0.05, 0.1) is 40.3 Å². The summed E-state index contributed by atoms with van der Waals surface area (Å²) in [6, 6.07) is 0. The lowest BCUT2D eigenvalue weighted by Gasteiger charge is -2.26. The number of hydrogen-bond donors (Lipinski definition) is 0. The Balaban J connectivity index is 4.51. The van der Waals surface area contributed by atoms with Crippen molar-refractivity contribution in [3.05, 3.63) is 72.9 Å². The molecule has 0 aliphatic carbocycles. The fourth-order valence-electron chi connectivity index (χ4n) is 5.67. The summed E-state index contributed by atoms with van der Waals surface area (Å²) in [5, 5.41) is 11.7. The predicted octanol–water partition coefficient (Wildman–Crippen LogP) is 10.6. The second kappa shape index (κ2) is 40.5. The number of carbonyl (C=O) groups is 3. The molecule has 0 aromatic carbocycles. The fourth-order valence-corrected chi connectivity index (χ4v) is 5.67. The number of hydrogen-bond acceptors (Lipinski definition) is 8. The van der Waals surface area contributed by atoms with E-state index >= 15 is 0 Å². The number of aliphatic carboxylic acids is 1. The largest absolute Gasteiger partial charge is 0.545 e. The summed E-state index contributed by atoms with van der Waals surface area (Å²) in [7, 11) is 5.88. The van der Waals surface area contributed by atoms with Crippen molar-refractivity contribution in [2.24, 2.45) is 0 Å². The third-order valence-corrected chi connectivity index (χ3v) is 9.19. The van der Waals surface area contributed by atoms with Crippen LogP contribution in [0, 0.1) is 0 Å². The van der Waals surface area contributed by atoms with Crippen molar-refractivity contribution in [1.82, 2.24) is 0 Å². The van der Waals surface area contributed by atoms with Gasteiger partial charge in [0.25, 0.3) is 0 Å². The summed E-state index contributed by atoms with van der Waals surface area (Å²) in [6.07, 6.45) is 46.5. The smallest absolute Gasteiger partial charge is 0.306 e. The molecular formula is C49H83NO8. The molecule has 2 unspecified atom stereocenters. The highest BCUT2D eigenvalue weighted by atomic mass is 16.7. The van der Waals surface area contributed by atoms with E-state index in [2.05, 4.69) is 86.8 Å². The van der Waals surface area contributed by atoms with Gasteiger partial charge in [-0.05, 0) is 83.5 Å². The molecule has 9 heteroatoms. The van der Waals surface area contributed by atoms with Crippen LogP contribution >= 0.6 is 0 Å². The molecule has 0 saturated carbocycles. The maximum atomic E-state index is 12.7. The van der Waals surface area contributed by atoms with Gasteiger partial charge in [0.15, 0.2) is 12.4 Å². The van der Waals surface area contributed by atoms with Crippen LogP contribution in [0.3, 0.4) is 0 Å². The summed E-state index contributed by atoms with van der Waals surface area (Å²) >= 11 is 0. The van der Waals surface area contributed by atoms with Gasteiger partial charge in [-0.2, -0.15) is 0 Å². The van der Waals surface area contributed by atoms with E-state index < -0.39 is 24.3 Å². The molecule has 0 aromatic rings. The highest BCUT2D eigenvalue weighted by molar-refractivity contribution is 5.70. The summed E-state index contributed by atoms with van der Waals surface area (Å²) in [4.78, 5) is 37.0. The number of unbranched alkanes of at least 4 members (excludes halogenated alkanes) is 13. The van der Waals surface area contributed by atoms with Crippen LogP contribution in [-0.4, -0.2) is 82.3 Å². The van der Waals surface area contributed by atoms with Gasteiger partial charge in [0.1, 0.15) is 13.2 Å². The van der Waals surface area contributed by atoms with Gasteiger partial charge >= 0.3 is 11.9 Å². The van der Waals surface area contributed by atoms with Crippen LogP contribution in [0.1, 0.15) is 162 Å². The molecule has 9 nitrogen and oxygen atoms in total. The highest BCUT2D eigenvalue weighted by Gasteiger charge is 2.21. The molecule has 0 rings (SSSR count). The van der Waals surface area contributed by atoms with Crippen molar-refractivity contribution in [1.29, 1.82) is 0 Å². The number of quaternary nitrogens is 1. The topological polar surface area (TPSA) is 111 Å². The van der Waals surface area contributed by atoms with Gasteiger partial charge < -0.3 is 33.3 Å². The molecule has 0 spiro atoms. The van der Waals surface area contributed by atoms with E-state index in [0.29, 0.717) is 17.4 Å². The second-order valence-electron chi connectivity index (χ2n) is 16.0. The Hall–Kier alpha value is -3.27. The number of carboxylic acids is 1. The number of likely N-dealkylation sites (N-methyl/N-ethyl adjacent to an activating group) is 1. The Bertz CT molecular complexity index is 1180. The molecule has 0 aromatic heterocycles. The van der Waals surface area contributed by atoms with Crippen LogP contribution in [-0.2, 0) is 33.3 Å². The Morgan fingerprint density at radius 2 is 0.983 bits per heavy atom. The number of carbonyl (C=O) groups excluding carboxylic acids is 3. The molecule has 58 heavy (non-hydrogen) atoms. The van der Waals surface area contributed by atoms with Gasteiger partial charge in [-0.15, -0.1) is 0 Å². The fraction of sp³-hybridized carbons (Fsp3) is 0.694. The normalized spacial score (nSPS) is 13.6. The molecular weight excluding hydrogens is 731 g/mol. The lowest BCUT2D eigenvalue weighted by molar-refractivity contribution is -0.870. The molecule has 0 saturated heterocycles. The Labute approximate surface area is 354 Å². The van der Waals surface area contributed by atoms with Gasteiger partial charge in [0.2, 0.25) is 0 Å². The summed E-state index contributed by atoms with van der Waals surface area (Å²) in [5.74, 6) is -2.36. The molecule has 0 heterocycles. The molecule has 2 atom stereocenters. The SMILES string of the molecule is CC/C=C\C/C=C\C/C=C\C/C=C\CCCCC(=O)OC(COC(=O)CCCCCCCCC/C=C\C/C=C\CCCCCC)COC(OCC[N+](C)(C)C)C(=O)[O-]. The van der Waals surface area contributed by atoms with Crippen molar-refractivity contribution in [2.75, 3.05) is 47.5 Å². The minimum absolute atomic E-state index is 0.135. The predicted molar refractivity (Wildman–Crippen MR) is 237 cm³/mol. The third-order valence-electron chi connectivity index (χ3n) is 9.19. The third kappa shape index (κ3) is 40.9. The van der Waals surface area contributed by atoms with E-state index in [1.54, 1.807) is 0 Å². The molecule has 0 fully saturated rings. The van der Waals surface area contributed by atoms with Crippen LogP contribution in [0.15, 0.2) is 72.9 Å². The summed E-state index contributed by atoms with van der Waals surface area (Å²) in [6.45, 7) is 4.53. The monoisotopic (exact) mass is 814 g/mol. The zero-order valence-corrected chi connectivity index (χ0v) is 37.4. The number of allylic oxidation sites excluding steroid dienone is 12. The maximum absolute atomic E-state index is 12.7. The van der Waals surface area contributed by atoms with Crippen molar-refractivity contribution in [3.8, 4) is 0 Å². The zero-order chi connectivity index (χ0) is 42.8. The molecule has 0 N–H and O–H groups in total. The average molecular weight is 814 g/mol. The Morgan fingerprint density at radius 3 is 1.50 bits per heavy atom. The first-order valence-corrected chi connectivity index (χ1v) is 22.6. The summed E-state index contributed by atoms with van der Waals surface area (Å²) < 4.78 is 22.5. The van der Waals surface area contributed by atoms with Crippen molar-refractivity contribution < 1.29 is 42.9 Å². The zero-order valence-electron chi connectivity index (χ0n) is 37.4. The molecule has 0 aliphatic heterocycles. The minimum Gasteiger partial charge on any atom is -0.545 e. The molecule has 0 amide bonds. The van der Waals surface area contributed by atoms with E-state index in [1.807, 2.05) is 21.1 Å². The Morgan fingerprint density at radius 1 is 0.534 bits per heavy atom. The first kappa shape index (κ1) is 54.7. The standard InChI is InChI=1S/C49H83NO8/c1-6-8-10-12-14-16-18-20-22-23-24-26-27-29-31-33-35-37-39-46(51)56-43-45(44-57-49(48(53)54)55-42-41-50(3,4)5)58-47(52)40-38-36-34-32-30-28-25-21-19-17-15-13-11-9-7-2/h9,11,15-18,21-23,25,30,32,45,49H,6-8,10,12-14,19-20,24,26-29,31,33-44H2,1-5H3/b11-9-,17-15-,18-16-,23-22-,25-21-,32-30-. The number of nitrogens with zero attached hydrogens (tertiary/aromatic N) is 1. The Kier molecular flexibility index (Phi) is 38.2. The number of rotatable bonds is 40. The number of ether oxygens (including phenoxy) is 4. The molecule has 0 radical (unpaired) electrons. The van der Waals surface area contributed by atoms with E-state index in [4.69, 9.17) is 18.9 Å². The van der Waals surface area contributed by atoms with Crippen molar-refractivity contribution in [2.45, 2.75) is 174 Å².